The van der Waals surface area contributed by atoms with Crippen molar-refractivity contribution in [2.24, 2.45) is 4.99 Å². The van der Waals surface area contributed by atoms with Crippen LogP contribution < -0.4 is 15.5 Å². The number of halogens is 2. The van der Waals surface area contributed by atoms with Crippen molar-refractivity contribution >= 4 is 41.7 Å². The molecule has 1 heterocycles. The van der Waals surface area contributed by atoms with Gasteiger partial charge in [0.1, 0.15) is 11.4 Å². The van der Waals surface area contributed by atoms with Crippen LogP contribution in [0, 0.1) is 5.82 Å². The molecule has 1 aliphatic rings. The zero-order valence-electron chi connectivity index (χ0n) is 18.8. The summed E-state index contributed by atoms with van der Waals surface area (Å²) in [6.07, 6.45) is 0.415. The third-order valence-electron chi connectivity index (χ3n) is 4.45. The van der Waals surface area contributed by atoms with E-state index in [1.807, 2.05) is 47.9 Å². The molecule has 1 unspecified atom stereocenters. The molecule has 30 heavy (non-hydrogen) atoms. The normalized spacial score (nSPS) is 16.7. The predicted molar refractivity (Wildman–Crippen MR) is 130 cm³/mol. The van der Waals surface area contributed by atoms with Crippen molar-refractivity contribution in [1.29, 1.82) is 0 Å². The molecule has 0 spiro atoms. The molecule has 1 amide bonds. The lowest BCUT2D eigenvalue weighted by Crippen LogP contribution is -2.44. The Kier molecular flexibility index (Phi) is 10.1. The van der Waals surface area contributed by atoms with Gasteiger partial charge in [-0.3, -0.25) is 0 Å². The summed E-state index contributed by atoms with van der Waals surface area (Å²) < 4.78 is 19.5. The molecule has 1 atom stereocenters. The highest BCUT2D eigenvalue weighted by atomic mass is 127. The number of amides is 1. The highest BCUT2D eigenvalue weighted by Crippen LogP contribution is 2.19. The van der Waals surface area contributed by atoms with Gasteiger partial charge >= 0.3 is 6.09 Å². The van der Waals surface area contributed by atoms with Gasteiger partial charge in [-0.25, -0.2) is 14.2 Å². The van der Waals surface area contributed by atoms with E-state index in [9.17, 15) is 9.18 Å². The first-order valence-corrected chi connectivity index (χ1v) is 10.1. The number of ether oxygens (including phenoxy) is 1. The van der Waals surface area contributed by atoms with Crippen LogP contribution in [-0.2, 0) is 11.3 Å². The molecule has 2 rings (SSSR count). The van der Waals surface area contributed by atoms with Crippen LogP contribution in [0.1, 0.15) is 39.7 Å². The minimum atomic E-state index is -0.518. The van der Waals surface area contributed by atoms with Gasteiger partial charge in [0.15, 0.2) is 5.96 Å². The number of nitrogens with zero attached hydrogens (tertiary/aromatic N) is 3. The Morgan fingerprint density at radius 1 is 1.37 bits per heavy atom. The van der Waals surface area contributed by atoms with Crippen LogP contribution in [0.3, 0.4) is 0 Å². The van der Waals surface area contributed by atoms with E-state index in [1.165, 1.54) is 6.07 Å². The van der Waals surface area contributed by atoms with E-state index >= 15 is 0 Å². The maximum absolute atomic E-state index is 14.2. The number of benzene rings is 1. The molecule has 0 aromatic heterocycles. The molecule has 2 N–H and O–H groups in total. The van der Waals surface area contributed by atoms with E-state index in [2.05, 4.69) is 20.5 Å². The average molecular weight is 535 g/mol. The maximum atomic E-state index is 14.2. The first-order chi connectivity index (χ1) is 13.6. The van der Waals surface area contributed by atoms with Crippen molar-refractivity contribution in [2.45, 2.75) is 52.3 Å². The van der Waals surface area contributed by atoms with Gasteiger partial charge in [-0.15, -0.1) is 24.0 Å². The van der Waals surface area contributed by atoms with Crippen LogP contribution in [0.4, 0.5) is 14.9 Å². The Hall–Kier alpha value is -1.78. The molecule has 170 valence electrons. The van der Waals surface area contributed by atoms with Crippen molar-refractivity contribution in [3.05, 3.63) is 29.6 Å². The van der Waals surface area contributed by atoms with Crippen molar-refractivity contribution in [3.63, 3.8) is 0 Å². The van der Waals surface area contributed by atoms with Gasteiger partial charge in [0, 0.05) is 33.7 Å². The minimum absolute atomic E-state index is 0. The van der Waals surface area contributed by atoms with E-state index in [0.717, 1.165) is 31.0 Å². The van der Waals surface area contributed by atoms with Gasteiger partial charge in [-0.1, -0.05) is 6.07 Å². The molecule has 7 nitrogen and oxygen atoms in total. The number of likely N-dealkylation sites (tertiary alicyclic amines) is 1. The number of carbonyl (C=O) groups excluding carboxylic acids is 1. The standard InChI is InChI=1S/C21H34FN5O2.HI/c1-7-23-19(24-13-15-8-9-18(26(5)6)17(22)12-15)27-11-10-16(14-27)25-20(28)29-21(2,3)4;/h8-9,12,16H,7,10-11,13-14H2,1-6H3,(H,23,24)(H,25,28);1H. The largest absolute Gasteiger partial charge is 0.444 e. The fourth-order valence-corrected chi connectivity index (χ4v) is 3.15. The van der Waals surface area contributed by atoms with Gasteiger partial charge in [-0.05, 0) is 51.8 Å². The monoisotopic (exact) mass is 535 g/mol. The highest BCUT2D eigenvalue weighted by molar-refractivity contribution is 14.0. The summed E-state index contributed by atoms with van der Waals surface area (Å²) in [5.41, 5.74) is 0.849. The van der Waals surface area contributed by atoms with Crippen LogP contribution in [-0.4, -0.2) is 62.3 Å². The van der Waals surface area contributed by atoms with Gasteiger partial charge in [0.25, 0.3) is 0 Å². The Morgan fingerprint density at radius 3 is 2.63 bits per heavy atom. The zero-order chi connectivity index (χ0) is 21.6. The van der Waals surface area contributed by atoms with E-state index < -0.39 is 11.7 Å². The summed E-state index contributed by atoms with van der Waals surface area (Å²) in [7, 11) is 3.63. The molecule has 9 heteroatoms. The third-order valence-corrected chi connectivity index (χ3v) is 4.45. The quantitative estimate of drug-likeness (QED) is 0.343. The summed E-state index contributed by atoms with van der Waals surface area (Å²) in [6, 6.07) is 5.19. The molecule has 1 aromatic carbocycles. The highest BCUT2D eigenvalue weighted by Gasteiger charge is 2.27. The van der Waals surface area contributed by atoms with Gasteiger partial charge in [-0.2, -0.15) is 0 Å². The fraction of sp³-hybridized carbons (Fsp3) is 0.619. The predicted octanol–water partition coefficient (Wildman–Crippen LogP) is 3.57. The molecule has 1 saturated heterocycles. The lowest BCUT2D eigenvalue weighted by atomic mass is 10.2. The number of carbonyl (C=O) groups is 1. The summed E-state index contributed by atoms with van der Waals surface area (Å²) in [5.74, 6) is 0.508. The molecule has 1 fully saturated rings. The van der Waals surface area contributed by atoms with Gasteiger partial charge in [0.2, 0.25) is 0 Å². The van der Waals surface area contributed by atoms with Crippen molar-refractivity contribution < 1.29 is 13.9 Å². The summed E-state index contributed by atoms with van der Waals surface area (Å²) in [4.78, 5) is 20.5. The molecule has 0 radical (unpaired) electrons. The van der Waals surface area contributed by atoms with Gasteiger partial charge in [0.05, 0.1) is 18.3 Å². The number of rotatable bonds is 5. The zero-order valence-corrected chi connectivity index (χ0v) is 21.1. The SMILES string of the molecule is CCNC(=NCc1ccc(N(C)C)c(F)c1)N1CCC(NC(=O)OC(C)(C)C)C1.I. The summed E-state index contributed by atoms with van der Waals surface area (Å²) in [6.45, 7) is 10.1. The topological polar surface area (TPSA) is 69.2 Å². The summed E-state index contributed by atoms with van der Waals surface area (Å²) >= 11 is 0. The second kappa shape index (κ2) is 11.6. The minimum Gasteiger partial charge on any atom is -0.444 e. The molecular formula is C21H35FIN5O2. The van der Waals surface area contributed by atoms with Crippen LogP contribution in [0.5, 0.6) is 0 Å². The Labute approximate surface area is 196 Å². The number of guanidine groups is 1. The molecular weight excluding hydrogens is 500 g/mol. The number of nitrogens with one attached hydrogen (secondary N) is 2. The van der Waals surface area contributed by atoms with Gasteiger partial charge < -0.3 is 25.2 Å². The van der Waals surface area contributed by atoms with Crippen LogP contribution in [0.25, 0.3) is 0 Å². The van der Waals surface area contributed by atoms with Crippen LogP contribution >= 0.6 is 24.0 Å². The van der Waals surface area contributed by atoms with Crippen LogP contribution in [0.15, 0.2) is 23.2 Å². The second-order valence-corrected chi connectivity index (χ2v) is 8.43. The third kappa shape index (κ3) is 8.16. The Morgan fingerprint density at radius 2 is 2.07 bits per heavy atom. The number of anilines is 1. The smallest absolute Gasteiger partial charge is 0.407 e. The van der Waals surface area contributed by atoms with Crippen molar-refractivity contribution in [1.82, 2.24) is 15.5 Å². The molecule has 0 bridgehead atoms. The maximum Gasteiger partial charge on any atom is 0.407 e. The van der Waals surface area contributed by atoms with E-state index in [1.54, 1.807) is 11.0 Å². The van der Waals surface area contributed by atoms with Crippen molar-refractivity contribution in [2.75, 3.05) is 38.6 Å². The molecule has 0 aliphatic carbocycles. The van der Waals surface area contributed by atoms with E-state index in [4.69, 9.17) is 4.74 Å². The summed E-state index contributed by atoms with van der Waals surface area (Å²) in [5, 5.41) is 6.20. The van der Waals surface area contributed by atoms with Crippen molar-refractivity contribution in [3.8, 4) is 0 Å². The lowest BCUT2D eigenvalue weighted by Gasteiger charge is -2.23. The molecule has 1 aromatic rings. The molecule has 0 saturated carbocycles. The number of hydrogen-bond acceptors (Lipinski definition) is 4. The van der Waals surface area contributed by atoms with E-state index in [-0.39, 0.29) is 35.8 Å². The number of alkyl carbamates (subject to hydrolysis) is 1. The molecule has 1 aliphatic heterocycles. The fourth-order valence-electron chi connectivity index (χ4n) is 3.15. The first-order valence-electron chi connectivity index (χ1n) is 10.1. The Bertz CT molecular complexity index is 737. The lowest BCUT2D eigenvalue weighted by molar-refractivity contribution is 0.0507. The second-order valence-electron chi connectivity index (χ2n) is 8.43. The Balaban J connectivity index is 0.00000450. The first kappa shape index (κ1) is 26.3. The number of aliphatic imine (C=N–C) groups is 1. The van der Waals surface area contributed by atoms with E-state index in [0.29, 0.717) is 18.8 Å². The van der Waals surface area contributed by atoms with Crippen LogP contribution in [0.2, 0.25) is 0 Å². The average Bonchev–Trinajstić information content (AvgIpc) is 3.04. The number of hydrogen-bond donors (Lipinski definition) is 2.